The van der Waals surface area contributed by atoms with E-state index in [0.717, 1.165) is 17.0 Å². The Labute approximate surface area is 125 Å². The Morgan fingerprint density at radius 3 is 2.76 bits per heavy atom. The van der Waals surface area contributed by atoms with Crippen LogP contribution in [0, 0.1) is 13.8 Å². The van der Waals surface area contributed by atoms with Crippen molar-refractivity contribution < 1.29 is 9.53 Å². The third kappa shape index (κ3) is 4.31. The Bertz CT molecular complexity index is 611. The van der Waals surface area contributed by atoms with Crippen molar-refractivity contribution in [1.82, 2.24) is 10.3 Å². The van der Waals surface area contributed by atoms with E-state index in [2.05, 4.69) is 10.3 Å². The Hall–Kier alpha value is -2.36. The topological polar surface area (TPSA) is 51.2 Å². The average Bonchev–Trinajstić information content (AvgIpc) is 2.47. The summed E-state index contributed by atoms with van der Waals surface area (Å²) < 4.78 is 5.56. The van der Waals surface area contributed by atoms with Gasteiger partial charge in [-0.05, 0) is 44.5 Å². The van der Waals surface area contributed by atoms with Crippen molar-refractivity contribution in [2.24, 2.45) is 0 Å². The maximum atomic E-state index is 11.9. The second-order valence-corrected chi connectivity index (χ2v) is 5.10. The first-order chi connectivity index (χ1) is 10.1. The lowest BCUT2D eigenvalue weighted by Gasteiger charge is -2.14. The Morgan fingerprint density at radius 1 is 1.29 bits per heavy atom. The zero-order valence-electron chi connectivity index (χ0n) is 12.6. The normalized spacial score (nSPS) is 11.8. The van der Waals surface area contributed by atoms with E-state index in [9.17, 15) is 4.79 Å². The van der Waals surface area contributed by atoms with Gasteiger partial charge in [0, 0.05) is 6.20 Å². The summed E-state index contributed by atoms with van der Waals surface area (Å²) in [6.45, 7) is 5.90. The third-order valence-corrected chi connectivity index (χ3v) is 3.20. The lowest BCUT2D eigenvalue weighted by Crippen LogP contribution is -2.31. The van der Waals surface area contributed by atoms with Crippen molar-refractivity contribution in [2.75, 3.05) is 6.61 Å². The monoisotopic (exact) mass is 284 g/mol. The van der Waals surface area contributed by atoms with Crippen LogP contribution in [-0.2, 0) is 4.79 Å². The fraction of sp³-hybridized carbons (Fsp3) is 0.294. The maximum Gasteiger partial charge on any atom is 0.258 e. The van der Waals surface area contributed by atoms with Gasteiger partial charge in [0.05, 0.1) is 11.7 Å². The molecule has 0 aliphatic heterocycles. The number of rotatable bonds is 5. The summed E-state index contributed by atoms with van der Waals surface area (Å²) in [6, 6.07) is 11.4. The molecule has 1 aromatic heterocycles. The highest BCUT2D eigenvalue weighted by Crippen LogP contribution is 2.18. The Kier molecular flexibility index (Phi) is 4.93. The van der Waals surface area contributed by atoms with Crippen LogP contribution in [0.2, 0.25) is 0 Å². The molecular formula is C17H20N2O2. The van der Waals surface area contributed by atoms with Crippen molar-refractivity contribution in [3.05, 3.63) is 59.4 Å². The van der Waals surface area contributed by atoms with Gasteiger partial charge in [-0.1, -0.05) is 23.8 Å². The van der Waals surface area contributed by atoms with Crippen LogP contribution in [0.3, 0.4) is 0 Å². The fourth-order valence-electron chi connectivity index (χ4n) is 2.09. The van der Waals surface area contributed by atoms with Gasteiger partial charge in [-0.2, -0.15) is 0 Å². The number of nitrogens with one attached hydrogen (secondary N) is 1. The molecule has 0 bridgehead atoms. The van der Waals surface area contributed by atoms with Crippen molar-refractivity contribution in [3.63, 3.8) is 0 Å². The standard InChI is InChI=1S/C17H20N2O2/c1-12-7-8-16(13(2)10-12)21-11-17(20)19-14(3)15-6-4-5-9-18-15/h4-10,14H,11H2,1-3H3,(H,19,20). The van der Waals surface area contributed by atoms with Crippen LogP contribution in [0.15, 0.2) is 42.6 Å². The lowest BCUT2D eigenvalue weighted by molar-refractivity contribution is -0.123. The summed E-state index contributed by atoms with van der Waals surface area (Å²) in [5, 5.41) is 2.87. The number of benzene rings is 1. The fourth-order valence-corrected chi connectivity index (χ4v) is 2.09. The van der Waals surface area contributed by atoms with Gasteiger partial charge in [-0.3, -0.25) is 9.78 Å². The van der Waals surface area contributed by atoms with Crippen LogP contribution in [0.4, 0.5) is 0 Å². The van der Waals surface area contributed by atoms with Crippen LogP contribution in [0.5, 0.6) is 5.75 Å². The zero-order chi connectivity index (χ0) is 15.2. The highest BCUT2D eigenvalue weighted by molar-refractivity contribution is 5.78. The summed E-state index contributed by atoms with van der Waals surface area (Å²) >= 11 is 0. The predicted octanol–water partition coefficient (Wildman–Crippen LogP) is 2.95. The molecule has 1 amide bonds. The van der Waals surface area contributed by atoms with Crippen LogP contribution in [0.25, 0.3) is 0 Å². The summed E-state index contributed by atoms with van der Waals surface area (Å²) in [4.78, 5) is 16.1. The molecule has 21 heavy (non-hydrogen) atoms. The van der Waals surface area contributed by atoms with E-state index in [0.29, 0.717) is 0 Å². The molecule has 0 saturated carbocycles. The molecule has 4 heteroatoms. The molecular weight excluding hydrogens is 264 g/mol. The van der Waals surface area contributed by atoms with Gasteiger partial charge in [0.2, 0.25) is 0 Å². The van der Waals surface area contributed by atoms with Crippen molar-refractivity contribution in [1.29, 1.82) is 0 Å². The molecule has 0 fully saturated rings. The summed E-state index contributed by atoms with van der Waals surface area (Å²) in [5.41, 5.74) is 3.03. The number of aromatic nitrogens is 1. The first-order valence-corrected chi connectivity index (χ1v) is 6.96. The molecule has 0 saturated heterocycles. The van der Waals surface area contributed by atoms with Gasteiger partial charge >= 0.3 is 0 Å². The number of nitrogens with zero attached hydrogens (tertiary/aromatic N) is 1. The molecule has 110 valence electrons. The SMILES string of the molecule is Cc1ccc(OCC(=O)NC(C)c2ccccn2)c(C)c1. The van der Waals surface area contributed by atoms with Gasteiger partial charge in [-0.15, -0.1) is 0 Å². The van der Waals surface area contributed by atoms with E-state index in [-0.39, 0.29) is 18.6 Å². The molecule has 2 rings (SSSR count). The summed E-state index contributed by atoms with van der Waals surface area (Å²) in [7, 11) is 0. The van der Waals surface area contributed by atoms with E-state index >= 15 is 0 Å². The van der Waals surface area contributed by atoms with Crippen LogP contribution < -0.4 is 10.1 Å². The first-order valence-electron chi connectivity index (χ1n) is 6.96. The maximum absolute atomic E-state index is 11.9. The number of carbonyl (C=O) groups excluding carboxylic acids is 1. The number of carbonyl (C=O) groups is 1. The third-order valence-electron chi connectivity index (χ3n) is 3.20. The van der Waals surface area contributed by atoms with E-state index in [1.54, 1.807) is 6.20 Å². The van der Waals surface area contributed by atoms with Crippen LogP contribution in [0.1, 0.15) is 29.8 Å². The lowest BCUT2D eigenvalue weighted by atomic mass is 10.1. The number of amides is 1. The Morgan fingerprint density at radius 2 is 2.10 bits per heavy atom. The van der Waals surface area contributed by atoms with Gasteiger partial charge in [0.15, 0.2) is 6.61 Å². The Balaban J connectivity index is 1.87. The minimum Gasteiger partial charge on any atom is -0.484 e. The number of ether oxygens (including phenoxy) is 1. The molecule has 2 aromatic rings. The molecule has 0 spiro atoms. The molecule has 1 atom stereocenters. The van der Waals surface area contributed by atoms with Crippen molar-refractivity contribution in [3.8, 4) is 5.75 Å². The molecule has 1 N–H and O–H groups in total. The minimum absolute atomic E-state index is 0.00107. The van der Waals surface area contributed by atoms with Crippen LogP contribution in [-0.4, -0.2) is 17.5 Å². The second-order valence-electron chi connectivity index (χ2n) is 5.10. The minimum atomic E-state index is -0.159. The second kappa shape index (κ2) is 6.88. The van der Waals surface area contributed by atoms with E-state index < -0.39 is 0 Å². The average molecular weight is 284 g/mol. The number of aryl methyl sites for hydroxylation is 2. The molecule has 1 unspecified atom stereocenters. The van der Waals surface area contributed by atoms with Gasteiger partial charge < -0.3 is 10.1 Å². The molecule has 4 nitrogen and oxygen atoms in total. The van der Waals surface area contributed by atoms with E-state index in [4.69, 9.17) is 4.74 Å². The van der Waals surface area contributed by atoms with Crippen LogP contribution >= 0.6 is 0 Å². The highest BCUT2D eigenvalue weighted by Gasteiger charge is 2.11. The zero-order valence-corrected chi connectivity index (χ0v) is 12.6. The number of pyridine rings is 1. The molecule has 1 aromatic carbocycles. The van der Waals surface area contributed by atoms with E-state index in [1.165, 1.54) is 5.56 Å². The summed E-state index contributed by atoms with van der Waals surface area (Å²) in [6.07, 6.45) is 1.71. The molecule has 0 radical (unpaired) electrons. The van der Waals surface area contributed by atoms with E-state index in [1.807, 2.05) is 57.2 Å². The first kappa shape index (κ1) is 15.0. The van der Waals surface area contributed by atoms with Gasteiger partial charge in [-0.25, -0.2) is 0 Å². The quantitative estimate of drug-likeness (QED) is 0.918. The molecule has 0 aliphatic rings. The van der Waals surface area contributed by atoms with Gasteiger partial charge in [0.25, 0.3) is 5.91 Å². The highest BCUT2D eigenvalue weighted by atomic mass is 16.5. The summed E-state index contributed by atoms with van der Waals surface area (Å²) in [5.74, 6) is 0.578. The van der Waals surface area contributed by atoms with Gasteiger partial charge in [0.1, 0.15) is 5.75 Å². The largest absolute Gasteiger partial charge is 0.484 e. The molecule has 0 aliphatic carbocycles. The van der Waals surface area contributed by atoms with Crippen molar-refractivity contribution >= 4 is 5.91 Å². The smallest absolute Gasteiger partial charge is 0.258 e. The number of hydrogen-bond donors (Lipinski definition) is 1. The predicted molar refractivity (Wildman–Crippen MR) is 82.2 cm³/mol. The number of hydrogen-bond acceptors (Lipinski definition) is 3. The molecule has 1 heterocycles. The van der Waals surface area contributed by atoms with Crippen molar-refractivity contribution in [2.45, 2.75) is 26.8 Å².